The van der Waals surface area contributed by atoms with Gasteiger partial charge in [-0.05, 0) is 6.08 Å². The van der Waals surface area contributed by atoms with Gasteiger partial charge in [-0.1, -0.05) is 22.0 Å². The Morgan fingerprint density at radius 1 is 1.75 bits per heavy atom. The molecule has 2 nitrogen and oxygen atoms in total. The summed E-state index contributed by atoms with van der Waals surface area (Å²) in [5.41, 5.74) is 5.00. The van der Waals surface area contributed by atoms with Crippen molar-refractivity contribution in [3.05, 3.63) is 12.2 Å². The molecule has 0 aromatic rings. The van der Waals surface area contributed by atoms with Crippen LogP contribution >= 0.6 is 15.9 Å². The smallest absolute Gasteiger partial charge is 0.168 e. The van der Waals surface area contributed by atoms with Crippen molar-refractivity contribution in [2.75, 3.05) is 11.9 Å². The summed E-state index contributed by atoms with van der Waals surface area (Å²) < 4.78 is 0. The van der Waals surface area contributed by atoms with Crippen LogP contribution in [0.25, 0.3) is 0 Å². The number of nitrogens with two attached hydrogens (primary N) is 1. The summed E-state index contributed by atoms with van der Waals surface area (Å²) in [5, 5.41) is 0.707. The van der Waals surface area contributed by atoms with E-state index in [2.05, 4.69) is 15.9 Å². The van der Waals surface area contributed by atoms with E-state index in [-0.39, 0.29) is 12.3 Å². The highest BCUT2D eigenvalue weighted by Gasteiger charge is 1.85. The summed E-state index contributed by atoms with van der Waals surface area (Å²) in [6.45, 7) is 0.101. The van der Waals surface area contributed by atoms with Gasteiger partial charge in [0.1, 0.15) is 0 Å². The highest BCUT2D eigenvalue weighted by Crippen LogP contribution is 1.81. The Balaban J connectivity index is 3.37. The molecule has 8 heavy (non-hydrogen) atoms. The minimum absolute atomic E-state index is 0.0375. The predicted molar refractivity (Wildman–Crippen MR) is 37.0 cm³/mol. The van der Waals surface area contributed by atoms with Crippen LogP contribution in [0.5, 0.6) is 0 Å². The lowest BCUT2D eigenvalue weighted by molar-refractivity contribution is -0.113. The Morgan fingerprint density at radius 3 is 2.75 bits per heavy atom. The van der Waals surface area contributed by atoms with Gasteiger partial charge in [0.25, 0.3) is 0 Å². The van der Waals surface area contributed by atoms with Gasteiger partial charge in [0, 0.05) is 5.33 Å². The molecule has 0 unspecified atom stereocenters. The second-order valence-corrected chi connectivity index (χ2v) is 1.87. The van der Waals surface area contributed by atoms with Crippen molar-refractivity contribution in [1.82, 2.24) is 0 Å². The van der Waals surface area contributed by atoms with Crippen molar-refractivity contribution in [3.63, 3.8) is 0 Å². The van der Waals surface area contributed by atoms with Crippen LogP contribution in [0.2, 0.25) is 0 Å². The summed E-state index contributed by atoms with van der Waals surface area (Å²) in [6, 6.07) is 0. The number of carbonyl (C=O) groups excluding carboxylic acids is 1. The average molecular weight is 178 g/mol. The van der Waals surface area contributed by atoms with Crippen LogP contribution in [0.3, 0.4) is 0 Å². The Hall–Kier alpha value is -0.150. The van der Waals surface area contributed by atoms with Gasteiger partial charge in [0.15, 0.2) is 5.78 Å². The third-order valence-electron chi connectivity index (χ3n) is 0.594. The quantitative estimate of drug-likeness (QED) is 0.504. The molecule has 0 aliphatic carbocycles. The number of rotatable bonds is 3. The summed E-state index contributed by atoms with van der Waals surface area (Å²) in [4.78, 5) is 10.3. The van der Waals surface area contributed by atoms with Gasteiger partial charge in [-0.3, -0.25) is 4.79 Å². The van der Waals surface area contributed by atoms with E-state index < -0.39 is 0 Å². The number of allylic oxidation sites excluding steroid dienone is 1. The Morgan fingerprint density at radius 2 is 2.38 bits per heavy atom. The summed E-state index contributed by atoms with van der Waals surface area (Å²) in [6.07, 6.45) is 3.18. The first-order chi connectivity index (χ1) is 3.81. The lowest BCUT2D eigenvalue weighted by Gasteiger charge is -1.80. The number of carbonyl (C=O) groups is 1. The zero-order valence-electron chi connectivity index (χ0n) is 4.43. The minimum Gasteiger partial charge on any atom is -0.324 e. The van der Waals surface area contributed by atoms with Crippen LogP contribution in [-0.4, -0.2) is 17.7 Å². The van der Waals surface area contributed by atoms with Crippen LogP contribution in [-0.2, 0) is 4.79 Å². The monoisotopic (exact) mass is 177 g/mol. The van der Waals surface area contributed by atoms with E-state index in [1.54, 1.807) is 6.08 Å². The summed E-state index contributed by atoms with van der Waals surface area (Å²) >= 11 is 3.13. The molecule has 0 bridgehead atoms. The van der Waals surface area contributed by atoms with E-state index in [0.717, 1.165) is 0 Å². The molecule has 3 heteroatoms. The fraction of sp³-hybridized carbons (Fsp3) is 0.400. The lowest BCUT2D eigenvalue weighted by Crippen LogP contribution is -2.09. The molecular weight excluding hydrogens is 170 g/mol. The number of alkyl halides is 1. The lowest BCUT2D eigenvalue weighted by atomic mass is 10.4. The van der Waals surface area contributed by atoms with Crippen molar-refractivity contribution >= 4 is 21.7 Å². The normalized spacial score (nSPS) is 10.2. The van der Waals surface area contributed by atoms with Crippen molar-refractivity contribution in [1.29, 1.82) is 0 Å². The molecule has 0 spiro atoms. The van der Waals surface area contributed by atoms with Gasteiger partial charge in [-0.25, -0.2) is 0 Å². The van der Waals surface area contributed by atoms with E-state index in [1.165, 1.54) is 6.08 Å². The van der Waals surface area contributed by atoms with Crippen LogP contribution in [0.15, 0.2) is 12.2 Å². The highest BCUT2D eigenvalue weighted by molar-refractivity contribution is 9.09. The zero-order chi connectivity index (χ0) is 6.41. The molecule has 46 valence electrons. The summed E-state index contributed by atoms with van der Waals surface area (Å²) in [7, 11) is 0. The van der Waals surface area contributed by atoms with Crippen molar-refractivity contribution in [3.8, 4) is 0 Å². The fourth-order valence-corrected chi connectivity index (χ4v) is 0.431. The maximum Gasteiger partial charge on any atom is 0.168 e. The molecule has 0 amide bonds. The first-order valence-electron chi connectivity index (χ1n) is 2.26. The molecule has 0 saturated carbocycles. The molecule has 0 atom stereocenters. The van der Waals surface area contributed by atoms with E-state index >= 15 is 0 Å². The number of hydrogen-bond acceptors (Lipinski definition) is 2. The average Bonchev–Trinajstić information content (AvgIpc) is 1.83. The van der Waals surface area contributed by atoms with Crippen LogP contribution in [0.1, 0.15) is 0 Å². The van der Waals surface area contributed by atoms with Gasteiger partial charge >= 0.3 is 0 Å². The number of ketones is 1. The van der Waals surface area contributed by atoms with Gasteiger partial charge in [-0.2, -0.15) is 0 Å². The molecule has 0 rings (SSSR count). The molecular formula is C5H8BrNO. The molecule has 0 aromatic carbocycles. The van der Waals surface area contributed by atoms with Gasteiger partial charge in [0.2, 0.25) is 0 Å². The number of halogens is 1. The maximum absolute atomic E-state index is 10.3. The Labute approximate surface area is 56.9 Å². The molecule has 0 fully saturated rings. The first kappa shape index (κ1) is 7.85. The highest BCUT2D eigenvalue weighted by atomic mass is 79.9. The topological polar surface area (TPSA) is 43.1 Å². The van der Waals surface area contributed by atoms with Gasteiger partial charge < -0.3 is 5.73 Å². The van der Waals surface area contributed by atoms with E-state index in [1.807, 2.05) is 0 Å². The SMILES string of the molecule is NCC(=O)C=CCBr. The predicted octanol–water partition coefficient (Wildman–Crippen LogP) is 0.465. The largest absolute Gasteiger partial charge is 0.324 e. The third kappa shape index (κ3) is 4.02. The Kier molecular flexibility index (Phi) is 4.90. The molecule has 0 heterocycles. The van der Waals surface area contributed by atoms with Gasteiger partial charge in [0.05, 0.1) is 6.54 Å². The van der Waals surface area contributed by atoms with Crippen molar-refractivity contribution < 1.29 is 4.79 Å². The zero-order valence-corrected chi connectivity index (χ0v) is 6.02. The fourth-order valence-electron chi connectivity index (χ4n) is 0.244. The summed E-state index contributed by atoms with van der Waals surface area (Å²) in [5.74, 6) is -0.0375. The van der Waals surface area contributed by atoms with Crippen LogP contribution in [0, 0.1) is 0 Å². The molecule has 0 aromatic heterocycles. The van der Waals surface area contributed by atoms with E-state index in [9.17, 15) is 4.79 Å². The molecule has 2 N–H and O–H groups in total. The standard InChI is InChI=1S/C5H8BrNO/c6-3-1-2-5(8)4-7/h1-2H,3-4,7H2. The second-order valence-electron chi connectivity index (χ2n) is 1.23. The first-order valence-corrected chi connectivity index (χ1v) is 3.38. The van der Waals surface area contributed by atoms with Gasteiger partial charge in [-0.15, -0.1) is 0 Å². The molecule has 0 aliphatic rings. The number of hydrogen-bond donors (Lipinski definition) is 1. The van der Waals surface area contributed by atoms with Crippen LogP contribution in [0.4, 0.5) is 0 Å². The maximum atomic E-state index is 10.3. The van der Waals surface area contributed by atoms with Crippen LogP contribution < -0.4 is 5.73 Å². The van der Waals surface area contributed by atoms with E-state index in [4.69, 9.17) is 5.73 Å². The molecule has 0 saturated heterocycles. The third-order valence-corrected chi connectivity index (χ3v) is 0.968. The minimum atomic E-state index is -0.0375. The van der Waals surface area contributed by atoms with E-state index in [0.29, 0.717) is 5.33 Å². The molecule has 0 aliphatic heterocycles. The van der Waals surface area contributed by atoms with Crippen molar-refractivity contribution in [2.45, 2.75) is 0 Å². The van der Waals surface area contributed by atoms with Crippen molar-refractivity contribution in [2.24, 2.45) is 5.73 Å². The molecule has 0 radical (unpaired) electrons. The Bertz CT molecular complexity index is 101. The second kappa shape index (κ2) is 5.00.